The van der Waals surface area contributed by atoms with E-state index in [1.54, 1.807) is 12.1 Å². The third-order valence-electron chi connectivity index (χ3n) is 4.32. The van der Waals surface area contributed by atoms with Crippen LogP contribution < -0.4 is 25.6 Å². The van der Waals surface area contributed by atoms with Crippen molar-refractivity contribution in [2.45, 2.75) is 19.2 Å². The van der Waals surface area contributed by atoms with E-state index in [4.69, 9.17) is 22.1 Å². The first-order chi connectivity index (χ1) is 15.0. The van der Waals surface area contributed by atoms with Crippen LogP contribution in [0.15, 0.2) is 48.5 Å². The van der Waals surface area contributed by atoms with Crippen LogP contribution >= 0.6 is 22.9 Å². The summed E-state index contributed by atoms with van der Waals surface area (Å²) < 4.78 is 46.6. The zero-order valence-electron chi connectivity index (χ0n) is 16.5. The molecule has 0 saturated heterocycles. The van der Waals surface area contributed by atoms with Gasteiger partial charge in [-0.15, -0.1) is 24.5 Å². The van der Waals surface area contributed by atoms with Crippen LogP contribution in [0.25, 0.3) is 0 Å². The van der Waals surface area contributed by atoms with Crippen molar-refractivity contribution in [3.63, 3.8) is 0 Å². The number of benzene rings is 2. The van der Waals surface area contributed by atoms with E-state index in [0.29, 0.717) is 10.0 Å². The maximum Gasteiger partial charge on any atom is 0.573 e. The van der Waals surface area contributed by atoms with Crippen LogP contribution in [0.5, 0.6) is 11.5 Å². The summed E-state index contributed by atoms with van der Waals surface area (Å²) in [6.45, 7) is 2.04. The minimum atomic E-state index is -4.84. The molecule has 11 heteroatoms. The van der Waals surface area contributed by atoms with E-state index in [0.717, 1.165) is 29.0 Å². The number of hydrogen-bond acceptors (Lipinski definition) is 7. The molecule has 6 nitrogen and oxygen atoms in total. The van der Waals surface area contributed by atoms with Crippen molar-refractivity contribution in [3.8, 4) is 11.5 Å². The monoisotopic (exact) mass is 485 g/mol. The Bertz CT molecular complexity index is 1120. The van der Waals surface area contributed by atoms with Crippen LogP contribution in [-0.2, 0) is 0 Å². The van der Waals surface area contributed by atoms with E-state index in [1.165, 1.54) is 12.1 Å². The number of rotatable bonds is 8. The highest BCUT2D eigenvalue weighted by molar-refractivity contribution is 7.18. The van der Waals surface area contributed by atoms with Crippen molar-refractivity contribution in [3.05, 3.63) is 64.0 Å². The summed E-state index contributed by atoms with van der Waals surface area (Å²) in [5.41, 5.74) is 6.89. The Morgan fingerprint density at radius 1 is 1.25 bits per heavy atom. The van der Waals surface area contributed by atoms with Gasteiger partial charge in [-0.05, 0) is 23.8 Å². The molecule has 1 atom stereocenters. The van der Waals surface area contributed by atoms with Crippen LogP contribution in [0, 0.1) is 0 Å². The summed E-state index contributed by atoms with van der Waals surface area (Å²) in [7, 11) is 0. The van der Waals surface area contributed by atoms with E-state index < -0.39 is 18.1 Å². The molecule has 0 aliphatic heterocycles. The van der Waals surface area contributed by atoms with Crippen molar-refractivity contribution in [2.75, 3.05) is 17.7 Å². The van der Waals surface area contributed by atoms with Gasteiger partial charge in [0.1, 0.15) is 11.5 Å². The Morgan fingerprint density at radius 2 is 1.97 bits per heavy atom. The molecule has 0 unspecified atom stereocenters. The second kappa shape index (κ2) is 9.58. The van der Waals surface area contributed by atoms with E-state index in [2.05, 4.69) is 10.1 Å². The predicted molar refractivity (Wildman–Crippen MR) is 115 cm³/mol. The summed E-state index contributed by atoms with van der Waals surface area (Å²) >= 11 is 7.03. The molecule has 170 valence electrons. The van der Waals surface area contributed by atoms with Crippen molar-refractivity contribution < 1.29 is 32.5 Å². The van der Waals surface area contributed by atoms with Gasteiger partial charge >= 0.3 is 6.36 Å². The Kier molecular flexibility index (Phi) is 7.05. The molecule has 3 rings (SSSR count). The first kappa shape index (κ1) is 23.6. The van der Waals surface area contributed by atoms with Crippen molar-refractivity contribution in [2.24, 2.45) is 0 Å². The number of nitrogens with two attached hydrogens (primary N) is 1. The van der Waals surface area contributed by atoms with E-state index in [9.17, 15) is 23.1 Å². The van der Waals surface area contributed by atoms with Crippen LogP contribution in [0.2, 0.25) is 5.02 Å². The molecule has 0 fully saturated rings. The minimum Gasteiger partial charge on any atom is -0.544 e. The quantitative estimate of drug-likeness (QED) is 0.427. The molecule has 2 aromatic carbocycles. The molecule has 0 amide bonds. The van der Waals surface area contributed by atoms with Crippen LogP contribution in [0.4, 0.5) is 29.5 Å². The van der Waals surface area contributed by atoms with Gasteiger partial charge < -0.3 is 30.4 Å². The van der Waals surface area contributed by atoms with Crippen LogP contribution in [0.1, 0.15) is 28.1 Å². The lowest BCUT2D eigenvalue weighted by Crippen LogP contribution is -2.22. The van der Waals surface area contributed by atoms with Gasteiger partial charge in [-0.25, -0.2) is 0 Å². The van der Waals surface area contributed by atoms with E-state index >= 15 is 0 Å². The second-order valence-electron chi connectivity index (χ2n) is 6.75. The van der Waals surface area contributed by atoms with Crippen molar-refractivity contribution in [1.82, 2.24) is 0 Å². The Balaban J connectivity index is 1.75. The zero-order chi connectivity index (χ0) is 23.5. The lowest BCUT2D eigenvalue weighted by atomic mass is 10.0. The molecule has 32 heavy (non-hydrogen) atoms. The number of nitrogens with one attached hydrogen (secondary N) is 1. The topological polar surface area (TPSA) is 96.6 Å². The number of halogens is 4. The van der Waals surface area contributed by atoms with E-state index in [1.807, 2.05) is 19.1 Å². The molecule has 1 aromatic heterocycles. The van der Waals surface area contributed by atoms with Gasteiger partial charge in [-0.1, -0.05) is 36.7 Å². The summed E-state index contributed by atoms with van der Waals surface area (Å²) in [5.74, 6) is -1.93. The number of thiophene rings is 1. The third kappa shape index (κ3) is 5.98. The number of carbonyl (C=O) groups is 1. The van der Waals surface area contributed by atoms with Gasteiger partial charge in [-0.3, -0.25) is 0 Å². The highest BCUT2D eigenvalue weighted by Gasteiger charge is 2.31. The maximum absolute atomic E-state index is 12.3. The van der Waals surface area contributed by atoms with E-state index in [-0.39, 0.29) is 34.5 Å². The molecule has 0 spiro atoms. The molecule has 3 N–H and O–H groups in total. The van der Waals surface area contributed by atoms with Gasteiger partial charge in [0.15, 0.2) is 0 Å². The Labute approximate surface area is 190 Å². The average Bonchev–Trinajstić information content (AvgIpc) is 3.10. The lowest BCUT2D eigenvalue weighted by Gasteiger charge is -2.15. The number of nitrogen functional groups attached to an aromatic ring is 1. The number of hydrogen-bond donors (Lipinski definition) is 2. The van der Waals surface area contributed by atoms with Crippen molar-refractivity contribution in [1.29, 1.82) is 0 Å². The van der Waals surface area contributed by atoms with Crippen LogP contribution in [-0.4, -0.2) is 18.9 Å². The fraction of sp³-hybridized carbons (Fsp3) is 0.190. The third-order valence-corrected chi connectivity index (χ3v) is 5.68. The molecular weight excluding hydrogens is 469 g/mol. The average molecular weight is 486 g/mol. The highest BCUT2D eigenvalue weighted by Crippen LogP contribution is 2.38. The van der Waals surface area contributed by atoms with Gasteiger partial charge in [0, 0.05) is 23.1 Å². The molecular formula is C21H17ClF3N2O4S-. The number of aromatic carboxylic acids is 1. The molecule has 0 bridgehead atoms. The maximum atomic E-state index is 12.3. The molecule has 0 saturated carbocycles. The summed E-state index contributed by atoms with van der Waals surface area (Å²) in [6.07, 6.45) is -4.84. The fourth-order valence-electron chi connectivity index (χ4n) is 2.85. The largest absolute Gasteiger partial charge is 0.573 e. The van der Waals surface area contributed by atoms with Gasteiger partial charge in [0.05, 0.1) is 33.8 Å². The number of carboxylic acids is 1. The predicted octanol–water partition coefficient (Wildman–Crippen LogP) is 5.17. The molecule has 0 aliphatic rings. The van der Waals surface area contributed by atoms with Crippen molar-refractivity contribution >= 4 is 45.3 Å². The standard InChI is InChI=1S/C21H18ClF3N2O4S/c1-11(13-4-2-3-5-14(13)22)10-30-17-9-18(32-19(17)20(28)29)27-16-7-6-12(8-15(16)26)31-21(23,24)25/h2-9,11,27H,10,26H2,1H3,(H,28,29)/p-1/t11-/m0/s1. The second-order valence-corrected chi connectivity index (χ2v) is 8.21. The van der Waals surface area contributed by atoms with Crippen LogP contribution in [0.3, 0.4) is 0 Å². The Morgan fingerprint density at radius 3 is 2.59 bits per heavy atom. The molecule has 0 radical (unpaired) electrons. The number of carboxylic acid groups (broad SMARTS) is 1. The normalized spacial score (nSPS) is 12.3. The number of ether oxygens (including phenoxy) is 2. The number of anilines is 3. The minimum absolute atomic E-state index is 0.0232. The zero-order valence-corrected chi connectivity index (χ0v) is 18.1. The van der Waals surface area contributed by atoms with Gasteiger partial charge in [0.25, 0.3) is 0 Å². The Hall–Kier alpha value is -3.11. The summed E-state index contributed by atoms with van der Waals surface area (Å²) in [5, 5.41) is 15.3. The smallest absolute Gasteiger partial charge is 0.544 e. The molecule has 0 aliphatic carbocycles. The fourth-order valence-corrected chi connectivity index (χ4v) is 4.02. The highest BCUT2D eigenvalue weighted by atomic mass is 35.5. The first-order valence-corrected chi connectivity index (χ1v) is 10.4. The van der Waals surface area contributed by atoms with Gasteiger partial charge in [0.2, 0.25) is 0 Å². The molecule has 1 heterocycles. The first-order valence-electron chi connectivity index (χ1n) is 9.18. The molecule has 3 aromatic rings. The van der Waals surface area contributed by atoms with Gasteiger partial charge in [-0.2, -0.15) is 0 Å². The summed E-state index contributed by atoms with van der Waals surface area (Å²) in [4.78, 5) is 11.4. The summed E-state index contributed by atoms with van der Waals surface area (Å²) in [6, 6.07) is 12.1. The lowest BCUT2D eigenvalue weighted by molar-refractivity contribution is -0.274. The number of alkyl halides is 3. The number of carbonyl (C=O) groups excluding carboxylic acids is 1. The SMILES string of the molecule is C[C@@H](COc1cc(Nc2ccc(OC(F)(F)F)cc2N)sc1C(=O)[O-])c1ccccc1Cl.